The number of fused-ring (bicyclic) bond motifs is 1. The number of thiophene rings is 1. The van der Waals surface area contributed by atoms with E-state index in [9.17, 15) is 0 Å². The summed E-state index contributed by atoms with van der Waals surface area (Å²) in [6.07, 6.45) is 2.29. The van der Waals surface area contributed by atoms with Crippen LogP contribution in [0.2, 0.25) is 0 Å². The number of nitrogens with one attached hydrogen (secondary N) is 2. The molecular weight excluding hydrogens is 520 g/mol. The third-order valence-electron chi connectivity index (χ3n) is 7.92. The van der Waals surface area contributed by atoms with Crippen molar-refractivity contribution in [2.24, 2.45) is 0 Å². The van der Waals surface area contributed by atoms with Gasteiger partial charge in [-0.1, -0.05) is 12.1 Å². The van der Waals surface area contributed by atoms with E-state index in [0.717, 1.165) is 75.9 Å². The third kappa shape index (κ3) is 5.87. The number of benzene rings is 2. The van der Waals surface area contributed by atoms with Gasteiger partial charge >= 0.3 is 0 Å². The van der Waals surface area contributed by atoms with Gasteiger partial charge in [-0.25, -0.2) is 4.98 Å². The highest BCUT2D eigenvalue weighted by atomic mass is 32.1. The lowest BCUT2D eigenvalue weighted by atomic mass is 9.97. The number of hydrogen-bond acceptors (Lipinski definition) is 9. The predicted molar refractivity (Wildman–Crippen MR) is 167 cm³/mol. The Kier molecular flexibility index (Phi) is 8.16. The molecule has 1 aliphatic heterocycles. The maximum absolute atomic E-state index is 5.82. The summed E-state index contributed by atoms with van der Waals surface area (Å²) in [4.78, 5) is 15.4. The van der Waals surface area contributed by atoms with Crippen LogP contribution in [-0.2, 0) is 10.3 Å². The molecule has 1 saturated heterocycles. The van der Waals surface area contributed by atoms with E-state index >= 15 is 0 Å². The topological polar surface area (TPSA) is 74.8 Å². The Morgan fingerprint density at radius 2 is 1.75 bits per heavy atom. The van der Waals surface area contributed by atoms with Crippen molar-refractivity contribution in [3.63, 3.8) is 0 Å². The van der Waals surface area contributed by atoms with Crippen LogP contribution in [0.15, 0.2) is 47.8 Å². The van der Waals surface area contributed by atoms with E-state index < -0.39 is 5.60 Å². The molecule has 1 aliphatic rings. The lowest BCUT2D eigenvalue weighted by Crippen LogP contribution is -2.42. The van der Waals surface area contributed by atoms with Crippen LogP contribution in [0, 0.1) is 6.92 Å². The van der Waals surface area contributed by atoms with Gasteiger partial charge in [-0.3, -0.25) is 0 Å². The Morgan fingerprint density at radius 1 is 1.00 bits per heavy atom. The van der Waals surface area contributed by atoms with E-state index in [2.05, 4.69) is 84.9 Å². The second-order valence-electron chi connectivity index (χ2n) is 11.1. The number of ether oxygens (including phenoxy) is 2. The van der Waals surface area contributed by atoms with Gasteiger partial charge in [-0.05, 0) is 88.5 Å². The molecule has 2 N–H and O–H groups in total. The van der Waals surface area contributed by atoms with Crippen molar-refractivity contribution in [2.75, 3.05) is 56.9 Å². The maximum atomic E-state index is 5.82. The minimum atomic E-state index is -0.392. The van der Waals surface area contributed by atoms with Crippen LogP contribution >= 0.6 is 11.3 Å². The Labute approximate surface area is 241 Å². The molecule has 0 radical (unpaired) electrons. The predicted octanol–water partition coefficient (Wildman–Crippen LogP) is 6.91. The largest absolute Gasteiger partial charge is 0.495 e. The Hall–Kier alpha value is -3.40. The van der Waals surface area contributed by atoms with Crippen LogP contribution in [0.4, 0.5) is 28.8 Å². The fraction of sp³-hybridized carbons (Fsp3) is 0.419. The zero-order chi connectivity index (χ0) is 28.4. The Balaban J connectivity index is 1.41. The molecule has 4 aromatic rings. The SMILES string of the molecule is COc1cc(Nc2nc(Nc3cccc(C(C)(C)OC)c3)c3c(C)csc3n2)ccc1N1CCC(N(C)C)CC1. The smallest absolute Gasteiger partial charge is 0.230 e. The second kappa shape index (κ2) is 11.6. The number of aryl methyl sites for hydroxylation is 1. The molecule has 1 fully saturated rings. The summed E-state index contributed by atoms with van der Waals surface area (Å²) in [7, 11) is 7.79. The molecule has 0 unspecified atom stereocenters. The lowest BCUT2D eigenvalue weighted by Gasteiger charge is -2.37. The average molecular weight is 561 g/mol. The summed E-state index contributed by atoms with van der Waals surface area (Å²) in [6, 6.07) is 15.1. The second-order valence-corrected chi connectivity index (χ2v) is 12.0. The van der Waals surface area contributed by atoms with Crippen LogP contribution in [0.3, 0.4) is 0 Å². The molecule has 5 rings (SSSR count). The van der Waals surface area contributed by atoms with Gasteiger partial charge in [0.2, 0.25) is 5.95 Å². The van der Waals surface area contributed by atoms with Gasteiger partial charge in [0.25, 0.3) is 0 Å². The first-order valence-corrected chi connectivity index (χ1v) is 14.6. The Morgan fingerprint density at radius 3 is 2.45 bits per heavy atom. The van der Waals surface area contributed by atoms with Crippen molar-refractivity contribution >= 4 is 50.4 Å². The van der Waals surface area contributed by atoms with Crippen molar-refractivity contribution in [3.8, 4) is 5.75 Å². The van der Waals surface area contributed by atoms with Crippen LogP contribution in [-0.4, -0.2) is 62.3 Å². The summed E-state index contributed by atoms with van der Waals surface area (Å²) < 4.78 is 11.5. The highest BCUT2D eigenvalue weighted by Crippen LogP contribution is 2.36. The average Bonchev–Trinajstić information content (AvgIpc) is 3.33. The van der Waals surface area contributed by atoms with Gasteiger partial charge in [0.05, 0.1) is 23.8 Å². The molecule has 0 saturated carbocycles. The van der Waals surface area contributed by atoms with E-state index in [1.807, 2.05) is 18.2 Å². The summed E-state index contributed by atoms with van der Waals surface area (Å²) in [6.45, 7) is 8.25. The van der Waals surface area contributed by atoms with Crippen molar-refractivity contribution in [2.45, 2.75) is 45.3 Å². The number of rotatable bonds is 9. The van der Waals surface area contributed by atoms with E-state index in [1.54, 1.807) is 25.6 Å². The number of nitrogens with zero attached hydrogens (tertiary/aromatic N) is 4. The molecule has 3 heterocycles. The van der Waals surface area contributed by atoms with Crippen molar-refractivity contribution in [3.05, 3.63) is 59.0 Å². The van der Waals surface area contributed by atoms with Crippen molar-refractivity contribution < 1.29 is 9.47 Å². The highest BCUT2D eigenvalue weighted by molar-refractivity contribution is 7.17. The molecule has 0 aliphatic carbocycles. The van der Waals surface area contributed by atoms with E-state index in [0.29, 0.717) is 12.0 Å². The molecular formula is C31H40N6O2S. The molecule has 212 valence electrons. The first kappa shape index (κ1) is 28.1. The molecule has 40 heavy (non-hydrogen) atoms. The zero-order valence-corrected chi connectivity index (χ0v) is 25.4. The highest BCUT2D eigenvalue weighted by Gasteiger charge is 2.23. The first-order valence-electron chi connectivity index (χ1n) is 13.7. The van der Waals surface area contributed by atoms with Gasteiger partial charge in [0.1, 0.15) is 16.4 Å². The van der Waals surface area contributed by atoms with Crippen LogP contribution in [0.5, 0.6) is 5.75 Å². The minimum absolute atomic E-state index is 0.392. The number of anilines is 5. The van der Waals surface area contributed by atoms with E-state index in [4.69, 9.17) is 19.4 Å². The van der Waals surface area contributed by atoms with Gasteiger partial charge < -0.3 is 29.9 Å². The quantitative estimate of drug-likeness (QED) is 0.229. The van der Waals surface area contributed by atoms with Gasteiger partial charge in [-0.15, -0.1) is 11.3 Å². The summed E-state index contributed by atoms with van der Waals surface area (Å²) in [5.74, 6) is 2.15. The zero-order valence-electron chi connectivity index (χ0n) is 24.5. The van der Waals surface area contributed by atoms with E-state index in [1.165, 1.54) is 0 Å². The van der Waals surface area contributed by atoms with Gasteiger partial charge in [0, 0.05) is 43.7 Å². The number of aromatic nitrogens is 2. The molecule has 9 heteroatoms. The van der Waals surface area contributed by atoms with Crippen molar-refractivity contribution in [1.82, 2.24) is 14.9 Å². The minimum Gasteiger partial charge on any atom is -0.495 e. The summed E-state index contributed by atoms with van der Waals surface area (Å²) in [5, 5.41) is 10.1. The first-order chi connectivity index (χ1) is 19.2. The summed E-state index contributed by atoms with van der Waals surface area (Å²) >= 11 is 1.62. The van der Waals surface area contributed by atoms with Crippen LogP contribution in [0.25, 0.3) is 10.2 Å². The van der Waals surface area contributed by atoms with Crippen LogP contribution in [0.1, 0.15) is 37.8 Å². The monoisotopic (exact) mass is 560 g/mol. The molecule has 2 aromatic carbocycles. The molecule has 0 spiro atoms. The molecule has 0 bridgehead atoms. The van der Waals surface area contributed by atoms with Crippen LogP contribution < -0.4 is 20.3 Å². The normalized spacial score (nSPS) is 14.7. The van der Waals surface area contributed by atoms with E-state index in [-0.39, 0.29) is 0 Å². The number of methoxy groups -OCH3 is 2. The molecule has 0 amide bonds. The van der Waals surface area contributed by atoms with Gasteiger partial charge in [0.15, 0.2) is 0 Å². The molecule has 8 nitrogen and oxygen atoms in total. The fourth-order valence-corrected chi connectivity index (χ4v) is 6.15. The lowest BCUT2D eigenvalue weighted by molar-refractivity contribution is 0.0193. The number of hydrogen-bond donors (Lipinski definition) is 2. The maximum Gasteiger partial charge on any atom is 0.230 e. The van der Waals surface area contributed by atoms with Gasteiger partial charge in [-0.2, -0.15) is 4.98 Å². The molecule has 2 aromatic heterocycles. The van der Waals surface area contributed by atoms with Crippen molar-refractivity contribution in [1.29, 1.82) is 0 Å². The molecule has 0 atom stereocenters. The third-order valence-corrected chi connectivity index (χ3v) is 8.91. The fourth-order valence-electron chi connectivity index (χ4n) is 5.23. The standard InChI is InChI=1S/C31H40N6O2S/c1-20-19-40-29-27(20)28(32-22-10-8-9-21(17-22)31(2,3)39-7)34-30(35-29)33-23-11-12-25(26(18-23)38-6)37-15-13-24(14-16-37)36(4)5/h8-12,17-19,24H,13-16H2,1-7H3,(H2,32,33,34,35). The summed E-state index contributed by atoms with van der Waals surface area (Å²) in [5.41, 5.74) is 4.79. The Bertz CT molecular complexity index is 1480. The number of piperidine rings is 1.